The predicted molar refractivity (Wildman–Crippen MR) is 107 cm³/mol. The van der Waals surface area contributed by atoms with Crippen LogP contribution in [0.15, 0.2) is 42.5 Å². The number of nitrogens with one attached hydrogen (secondary N) is 2. The molecule has 148 valence electrons. The summed E-state index contributed by atoms with van der Waals surface area (Å²) >= 11 is 0. The molecule has 0 radical (unpaired) electrons. The van der Waals surface area contributed by atoms with Gasteiger partial charge in [-0.3, -0.25) is 4.90 Å². The Hall–Kier alpha value is -2.73. The Kier molecular flexibility index (Phi) is 5.67. The molecule has 0 unspecified atom stereocenters. The van der Waals surface area contributed by atoms with E-state index in [1.807, 2.05) is 18.2 Å². The lowest BCUT2D eigenvalue weighted by Crippen LogP contribution is -2.47. The van der Waals surface area contributed by atoms with Crippen LogP contribution in [0.25, 0.3) is 0 Å². The summed E-state index contributed by atoms with van der Waals surface area (Å²) in [6, 6.07) is 14.4. The lowest BCUT2D eigenvalue weighted by atomic mass is 10.0. The molecule has 1 fully saturated rings. The molecule has 2 aromatic rings. The summed E-state index contributed by atoms with van der Waals surface area (Å²) in [7, 11) is 0. The summed E-state index contributed by atoms with van der Waals surface area (Å²) in [5.41, 5.74) is 3.72. The summed E-state index contributed by atoms with van der Waals surface area (Å²) < 4.78 is 10.7. The first-order valence-electron chi connectivity index (χ1n) is 9.87. The number of hydrogen-bond acceptors (Lipinski definition) is 4. The molecule has 2 aliphatic heterocycles. The van der Waals surface area contributed by atoms with Crippen LogP contribution in [0, 0.1) is 6.92 Å². The highest BCUT2D eigenvalue weighted by molar-refractivity contribution is 5.74. The highest BCUT2D eigenvalue weighted by atomic mass is 16.7. The summed E-state index contributed by atoms with van der Waals surface area (Å²) in [6.07, 6.45) is 1.95. The minimum absolute atomic E-state index is 0.116. The Morgan fingerprint density at radius 3 is 2.71 bits per heavy atom. The van der Waals surface area contributed by atoms with E-state index in [2.05, 4.69) is 46.7 Å². The number of aryl methyl sites for hydroxylation is 1. The maximum absolute atomic E-state index is 12.2. The average molecular weight is 381 g/mol. The number of carbonyl (C=O) groups is 1. The molecule has 2 aliphatic rings. The zero-order chi connectivity index (χ0) is 19.3. The Bertz CT molecular complexity index is 832. The van der Waals surface area contributed by atoms with E-state index >= 15 is 0 Å². The summed E-state index contributed by atoms with van der Waals surface area (Å²) in [4.78, 5) is 14.7. The molecule has 0 bridgehead atoms. The number of rotatable bonds is 5. The van der Waals surface area contributed by atoms with Crippen molar-refractivity contribution in [2.45, 2.75) is 38.9 Å². The predicted octanol–water partition coefficient (Wildman–Crippen LogP) is 3.19. The summed E-state index contributed by atoms with van der Waals surface area (Å²) in [5, 5.41) is 6.04. The first-order chi connectivity index (χ1) is 13.7. The maximum atomic E-state index is 12.2. The molecule has 2 aromatic carbocycles. The van der Waals surface area contributed by atoms with E-state index in [9.17, 15) is 4.79 Å². The first kappa shape index (κ1) is 18.6. The van der Waals surface area contributed by atoms with Crippen molar-refractivity contribution >= 4 is 6.03 Å². The third-order valence-corrected chi connectivity index (χ3v) is 5.47. The Morgan fingerprint density at radius 2 is 1.89 bits per heavy atom. The van der Waals surface area contributed by atoms with Gasteiger partial charge in [0.05, 0.1) is 0 Å². The highest BCUT2D eigenvalue weighted by Gasteiger charge is 2.21. The summed E-state index contributed by atoms with van der Waals surface area (Å²) in [6.45, 7) is 5.87. The van der Waals surface area contributed by atoms with Crippen LogP contribution < -0.4 is 20.1 Å². The molecule has 0 aromatic heterocycles. The van der Waals surface area contributed by atoms with Crippen molar-refractivity contribution in [3.63, 3.8) is 0 Å². The maximum Gasteiger partial charge on any atom is 0.315 e. The fourth-order valence-electron chi connectivity index (χ4n) is 3.73. The van der Waals surface area contributed by atoms with E-state index in [1.54, 1.807) is 0 Å². The number of benzene rings is 2. The topological polar surface area (TPSA) is 62.8 Å². The SMILES string of the molecule is Cc1ccccc1CN1CCC(NC(=O)NCc2ccc3c(c2)OCO3)CC1. The van der Waals surface area contributed by atoms with Crippen LogP contribution in [0.4, 0.5) is 4.79 Å². The molecule has 2 amide bonds. The van der Waals surface area contributed by atoms with Gasteiger partial charge in [0.1, 0.15) is 0 Å². The van der Waals surface area contributed by atoms with Gasteiger partial charge >= 0.3 is 6.03 Å². The van der Waals surface area contributed by atoms with E-state index < -0.39 is 0 Å². The van der Waals surface area contributed by atoms with Gasteiger partial charge in [0.25, 0.3) is 0 Å². The molecule has 4 rings (SSSR count). The zero-order valence-corrected chi connectivity index (χ0v) is 16.2. The normalized spacial score (nSPS) is 16.8. The van der Waals surface area contributed by atoms with Crippen LogP contribution in [0.5, 0.6) is 11.5 Å². The number of likely N-dealkylation sites (tertiary alicyclic amines) is 1. The van der Waals surface area contributed by atoms with E-state index in [0.717, 1.165) is 49.5 Å². The number of piperidine rings is 1. The fraction of sp³-hybridized carbons (Fsp3) is 0.409. The standard InChI is InChI=1S/C22H27N3O3/c1-16-4-2-3-5-18(16)14-25-10-8-19(9-11-25)24-22(26)23-13-17-6-7-20-21(12-17)28-15-27-20/h2-7,12,19H,8-11,13-15H2,1H3,(H2,23,24,26). The number of nitrogens with zero attached hydrogens (tertiary/aromatic N) is 1. The van der Waals surface area contributed by atoms with Crippen LogP contribution in [-0.4, -0.2) is 36.9 Å². The van der Waals surface area contributed by atoms with Gasteiger partial charge in [0.15, 0.2) is 11.5 Å². The van der Waals surface area contributed by atoms with E-state index in [-0.39, 0.29) is 18.9 Å². The number of carbonyl (C=O) groups excluding carboxylic acids is 1. The Balaban J connectivity index is 1.19. The van der Waals surface area contributed by atoms with Gasteiger partial charge in [-0.2, -0.15) is 0 Å². The number of urea groups is 1. The molecule has 6 nitrogen and oxygen atoms in total. The van der Waals surface area contributed by atoms with Gasteiger partial charge in [0.2, 0.25) is 6.79 Å². The first-order valence-corrected chi connectivity index (χ1v) is 9.87. The van der Waals surface area contributed by atoms with Gasteiger partial charge in [-0.15, -0.1) is 0 Å². The van der Waals surface area contributed by atoms with E-state index in [1.165, 1.54) is 11.1 Å². The van der Waals surface area contributed by atoms with Gasteiger partial charge in [-0.25, -0.2) is 4.79 Å². The third-order valence-electron chi connectivity index (χ3n) is 5.47. The molecule has 0 atom stereocenters. The van der Waals surface area contributed by atoms with E-state index in [0.29, 0.717) is 6.54 Å². The van der Waals surface area contributed by atoms with Crippen LogP contribution in [0.3, 0.4) is 0 Å². The van der Waals surface area contributed by atoms with Crippen LogP contribution in [0.1, 0.15) is 29.5 Å². The molecule has 2 N–H and O–H groups in total. The second-order valence-electron chi connectivity index (χ2n) is 7.49. The van der Waals surface area contributed by atoms with Gasteiger partial charge in [0, 0.05) is 32.2 Å². The number of ether oxygens (including phenoxy) is 2. The summed E-state index contributed by atoms with van der Waals surface area (Å²) in [5.74, 6) is 1.49. The molecule has 6 heteroatoms. The second-order valence-corrected chi connectivity index (χ2v) is 7.49. The minimum atomic E-state index is -0.116. The van der Waals surface area contributed by atoms with Crippen molar-refractivity contribution in [3.05, 3.63) is 59.2 Å². The number of amides is 2. The molecule has 1 saturated heterocycles. The van der Waals surface area contributed by atoms with Crippen LogP contribution >= 0.6 is 0 Å². The van der Waals surface area contributed by atoms with Crippen molar-refractivity contribution in [1.82, 2.24) is 15.5 Å². The van der Waals surface area contributed by atoms with Crippen LogP contribution in [-0.2, 0) is 13.1 Å². The lowest BCUT2D eigenvalue weighted by Gasteiger charge is -2.32. The number of fused-ring (bicyclic) bond motifs is 1. The highest BCUT2D eigenvalue weighted by Crippen LogP contribution is 2.32. The largest absolute Gasteiger partial charge is 0.454 e. The van der Waals surface area contributed by atoms with Gasteiger partial charge in [-0.05, 0) is 48.6 Å². The third kappa shape index (κ3) is 4.57. The Labute approximate surface area is 165 Å². The molecule has 28 heavy (non-hydrogen) atoms. The molecule has 0 aliphatic carbocycles. The minimum Gasteiger partial charge on any atom is -0.454 e. The monoisotopic (exact) mass is 381 g/mol. The average Bonchev–Trinajstić information content (AvgIpc) is 3.17. The van der Waals surface area contributed by atoms with Crippen molar-refractivity contribution in [1.29, 1.82) is 0 Å². The zero-order valence-electron chi connectivity index (χ0n) is 16.2. The van der Waals surface area contributed by atoms with E-state index in [4.69, 9.17) is 9.47 Å². The molecular formula is C22H27N3O3. The van der Waals surface area contributed by atoms with Crippen LogP contribution in [0.2, 0.25) is 0 Å². The quantitative estimate of drug-likeness (QED) is 0.835. The second kappa shape index (κ2) is 8.52. The van der Waals surface area contributed by atoms with Crippen molar-refractivity contribution < 1.29 is 14.3 Å². The molecular weight excluding hydrogens is 354 g/mol. The fourth-order valence-corrected chi connectivity index (χ4v) is 3.73. The lowest BCUT2D eigenvalue weighted by molar-refractivity contribution is 0.174. The van der Waals surface area contributed by atoms with Crippen molar-refractivity contribution in [2.75, 3.05) is 19.9 Å². The van der Waals surface area contributed by atoms with Gasteiger partial charge in [-0.1, -0.05) is 30.3 Å². The number of hydrogen-bond donors (Lipinski definition) is 2. The van der Waals surface area contributed by atoms with Crippen molar-refractivity contribution in [3.8, 4) is 11.5 Å². The van der Waals surface area contributed by atoms with Gasteiger partial charge < -0.3 is 20.1 Å². The van der Waals surface area contributed by atoms with Crippen molar-refractivity contribution in [2.24, 2.45) is 0 Å². The Morgan fingerprint density at radius 1 is 1.11 bits per heavy atom. The smallest absolute Gasteiger partial charge is 0.315 e. The molecule has 0 saturated carbocycles. The molecule has 0 spiro atoms. The molecule has 2 heterocycles.